The molecule has 0 aliphatic carbocycles. The highest BCUT2D eigenvalue weighted by molar-refractivity contribution is 7.82. The smallest absolute Gasteiger partial charge is 0.253 e. The Bertz CT molecular complexity index is 1140. The molecule has 0 bridgehead atoms. The van der Waals surface area contributed by atoms with Gasteiger partial charge in [-0.3, -0.25) is 14.4 Å². The van der Waals surface area contributed by atoms with Gasteiger partial charge in [0.1, 0.15) is 16.3 Å². The zero-order chi connectivity index (χ0) is 22.0. The largest absolute Gasteiger partial charge is 0.504 e. The van der Waals surface area contributed by atoms with Crippen LogP contribution in [0.15, 0.2) is 44.1 Å². The molecule has 1 heterocycles. The van der Waals surface area contributed by atoms with E-state index in [1.807, 2.05) is 24.4 Å². The number of thiophene rings is 1. The molecule has 2 aromatic carbocycles. The van der Waals surface area contributed by atoms with Gasteiger partial charge in [0.05, 0.1) is 23.9 Å². The van der Waals surface area contributed by atoms with Gasteiger partial charge < -0.3 is 15.7 Å². The van der Waals surface area contributed by atoms with Crippen LogP contribution >= 0.6 is 22.9 Å². The van der Waals surface area contributed by atoms with Crippen molar-refractivity contribution in [1.82, 2.24) is 4.47 Å². The Balaban J connectivity index is 1.93. The second kappa shape index (κ2) is 9.27. The molecule has 3 N–H and O–H groups in total. The van der Waals surface area contributed by atoms with Crippen LogP contribution in [0.5, 0.6) is 5.75 Å². The van der Waals surface area contributed by atoms with E-state index in [1.165, 1.54) is 26.3 Å². The average Bonchev–Trinajstić information content (AvgIpc) is 3.28. The summed E-state index contributed by atoms with van der Waals surface area (Å²) in [6.07, 6.45) is 0.706. The molecule has 2 atom stereocenters. The number of hydrogen-bond donors (Lipinski definition) is 3. The van der Waals surface area contributed by atoms with Crippen molar-refractivity contribution in [2.45, 2.75) is 24.3 Å². The fourth-order valence-corrected chi connectivity index (χ4v) is 4.95. The summed E-state index contributed by atoms with van der Waals surface area (Å²) in [7, 11) is 0.832. The number of hydrogen-bond acceptors (Lipinski definition) is 8. The summed E-state index contributed by atoms with van der Waals surface area (Å²) >= 11 is 7.65. The molecule has 0 saturated heterocycles. The van der Waals surface area contributed by atoms with Gasteiger partial charge in [0.2, 0.25) is 0 Å². The third kappa shape index (κ3) is 4.14. The van der Waals surface area contributed by atoms with Crippen molar-refractivity contribution in [3.63, 3.8) is 0 Å². The number of nitrogens with zero attached hydrogens (tertiary/aromatic N) is 1. The topological polar surface area (TPSA) is 108 Å². The van der Waals surface area contributed by atoms with E-state index in [1.54, 1.807) is 11.3 Å². The van der Waals surface area contributed by atoms with Gasteiger partial charge in [0.25, 0.3) is 10.9 Å². The van der Waals surface area contributed by atoms with Gasteiger partial charge in [-0.25, -0.2) is 4.21 Å². The summed E-state index contributed by atoms with van der Waals surface area (Å²) in [5.41, 5.74) is -1.07. The van der Waals surface area contributed by atoms with Crippen LogP contribution in [0.2, 0.25) is 5.02 Å². The van der Waals surface area contributed by atoms with Crippen molar-refractivity contribution in [2.24, 2.45) is 0 Å². The lowest BCUT2D eigenvalue weighted by atomic mass is 10.1. The third-order valence-electron chi connectivity index (χ3n) is 4.53. The van der Waals surface area contributed by atoms with Crippen LogP contribution < -0.4 is 21.5 Å². The van der Waals surface area contributed by atoms with E-state index < -0.39 is 27.6 Å². The predicted molar refractivity (Wildman–Crippen MR) is 120 cm³/mol. The summed E-state index contributed by atoms with van der Waals surface area (Å²) in [6.45, 7) is 1.97. The number of nitrogens with one attached hydrogen (secondary N) is 2. The van der Waals surface area contributed by atoms with Gasteiger partial charge in [0, 0.05) is 11.9 Å². The van der Waals surface area contributed by atoms with Crippen LogP contribution in [0.25, 0.3) is 0 Å². The quantitative estimate of drug-likeness (QED) is 0.250. The zero-order valence-corrected chi connectivity index (χ0v) is 18.8. The minimum absolute atomic E-state index is 0.0319. The molecule has 3 aromatic rings. The molecule has 0 aliphatic rings. The van der Waals surface area contributed by atoms with Crippen LogP contribution in [0, 0.1) is 0 Å². The molecule has 0 saturated carbocycles. The van der Waals surface area contributed by atoms with E-state index in [0.29, 0.717) is 6.42 Å². The van der Waals surface area contributed by atoms with Crippen LogP contribution in [0.1, 0.15) is 24.3 Å². The summed E-state index contributed by atoms with van der Waals surface area (Å²) < 4.78 is 13.5. The lowest BCUT2D eigenvalue weighted by molar-refractivity contribution is -0.0205. The third-order valence-corrected chi connectivity index (χ3v) is 7.32. The molecule has 0 spiro atoms. The number of aromatic hydroxyl groups is 1. The molecule has 8 nitrogen and oxygen atoms in total. The van der Waals surface area contributed by atoms with Crippen LogP contribution in [-0.2, 0) is 15.8 Å². The van der Waals surface area contributed by atoms with Crippen molar-refractivity contribution in [3.05, 3.63) is 60.0 Å². The van der Waals surface area contributed by atoms with Gasteiger partial charge >= 0.3 is 0 Å². The minimum Gasteiger partial charge on any atom is -0.504 e. The standard InChI is InChI=1S/C19H20ClN3O5S2/c1-4-11(13-6-5-9-29-13)21-14-15(18(26)17(14)25)22-12-8-7-10(20)19(16(12)24)30(27)23(2)28-3/h5-9,11,21-22,24H,4H2,1-3H3/t11-,30?/m1/s1. The Morgan fingerprint density at radius 1 is 1.27 bits per heavy atom. The first kappa shape index (κ1) is 22.4. The molecule has 1 aromatic heterocycles. The molecule has 0 amide bonds. The zero-order valence-electron chi connectivity index (χ0n) is 16.4. The van der Waals surface area contributed by atoms with E-state index in [2.05, 4.69) is 10.6 Å². The Morgan fingerprint density at radius 3 is 2.57 bits per heavy atom. The number of hydroxylamine groups is 1. The first-order valence-corrected chi connectivity index (χ1v) is 11.3. The predicted octanol–water partition coefficient (Wildman–Crippen LogP) is 3.53. The fraction of sp³-hybridized carbons (Fsp3) is 0.263. The van der Waals surface area contributed by atoms with Gasteiger partial charge in [-0.05, 0) is 30.0 Å². The van der Waals surface area contributed by atoms with Gasteiger partial charge in [-0.1, -0.05) is 24.6 Å². The van der Waals surface area contributed by atoms with E-state index in [9.17, 15) is 18.9 Å². The highest BCUT2D eigenvalue weighted by atomic mass is 35.5. The molecule has 30 heavy (non-hydrogen) atoms. The van der Waals surface area contributed by atoms with Gasteiger partial charge in [-0.2, -0.15) is 0 Å². The summed E-state index contributed by atoms with van der Waals surface area (Å²) in [4.78, 5) is 30.2. The SMILES string of the molecule is CC[C@@H](Nc1c(Nc2ccc(Cl)c(S(=O)N(C)OC)c2O)c(=O)c1=O)c1cccs1. The molecule has 0 radical (unpaired) electrons. The summed E-state index contributed by atoms with van der Waals surface area (Å²) in [6, 6.07) is 6.59. The number of benzene rings is 1. The highest BCUT2D eigenvalue weighted by Crippen LogP contribution is 2.39. The molecule has 0 fully saturated rings. The maximum atomic E-state index is 12.5. The Morgan fingerprint density at radius 2 is 1.97 bits per heavy atom. The van der Waals surface area contributed by atoms with E-state index >= 15 is 0 Å². The lowest BCUT2D eigenvalue weighted by Crippen LogP contribution is -2.37. The number of halogens is 1. The van der Waals surface area contributed by atoms with E-state index in [0.717, 1.165) is 9.35 Å². The maximum absolute atomic E-state index is 12.5. The Hall–Kier alpha value is -2.24. The first-order valence-electron chi connectivity index (χ1n) is 8.91. The minimum atomic E-state index is -1.91. The normalized spacial score (nSPS) is 13.5. The Labute approximate surface area is 184 Å². The monoisotopic (exact) mass is 469 g/mol. The van der Waals surface area contributed by atoms with Crippen molar-refractivity contribution in [2.75, 3.05) is 24.8 Å². The molecular formula is C19H20ClN3O5S2. The number of rotatable bonds is 9. The van der Waals surface area contributed by atoms with Crippen LogP contribution in [-0.4, -0.2) is 27.9 Å². The van der Waals surface area contributed by atoms with E-state index in [4.69, 9.17) is 16.4 Å². The second-order valence-corrected chi connectivity index (χ2v) is 9.11. The molecule has 160 valence electrons. The molecule has 11 heteroatoms. The maximum Gasteiger partial charge on any atom is 0.253 e. The van der Waals surface area contributed by atoms with E-state index in [-0.39, 0.29) is 33.0 Å². The average molecular weight is 470 g/mol. The Kier molecular flexibility index (Phi) is 6.94. The van der Waals surface area contributed by atoms with Crippen LogP contribution in [0.3, 0.4) is 0 Å². The number of anilines is 3. The highest BCUT2D eigenvalue weighted by Gasteiger charge is 2.27. The van der Waals surface area contributed by atoms with Crippen molar-refractivity contribution < 1.29 is 14.2 Å². The lowest BCUT2D eigenvalue weighted by Gasteiger charge is -2.22. The molecule has 1 unspecified atom stereocenters. The van der Waals surface area contributed by atoms with Crippen molar-refractivity contribution in [3.8, 4) is 5.75 Å². The molecule has 3 rings (SSSR count). The molecule has 0 aliphatic heterocycles. The van der Waals surface area contributed by atoms with Gasteiger partial charge in [0.15, 0.2) is 16.7 Å². The summed E-state index contributed by atoms with van der Waals surface area (Å²) in [5.74, 6) is -0.408. The van der Waals surface area contributed by atoms with Gasteiger partial charge in [-0.15, -0.1) is 15.8 Å². The summed E-state index contributed by atoms with van der Waals surface area (Å²) in [5, 5.41) is 18.5. The first-order chi connectivity index (χ1) is 14.3. The van der Waals surface area contributed by atoms with Crippen molar-refractivity contribution in [1.29, 1.82) is 0 Å². The number of phenols is 1. The van der Waals surface area contributed by atoms with Crippen LogP contribution in [0.4, 0.5) is 17.1 Å². The number of phenolic OH excluding ortho intramolecular Hbond substituents is 1. The van der Waals surface area contributed by atoms with Crippen molar-refractivity contribution >= 4 is 51.0 Å². The second-order valence-electron chi connectivity index (χ2n) is 6.30. The molecular weight excluding hydrogens is 450 g/mol. The fourth-order valence-electron chi connectivity index (χ4n) is 2.83.